The fourth-order valence-electron chi connectivity index (χ4n) is 2.46. The topological polar surface area (TPSA) is 92.5 Å². The molecule has 138 valence electrons. The minimum Gasteiger partial charge on any atom is -0.347 e. The highest BCUT2D eigenvalue weighted by Gasteiger charge is 2.20. The highest BCUT2D eigenvalue weighted by atomic mass is 35.5. The largest absolute Gasteiger partial charge is 0.347 e. The molecule has 6 nitrogen and oxygen atoms in total. The molecule has 0 aliphatic carbocycles. The summed E-state index contributed by atoms with van der Waals surface area (Å²) in [6.07, 6.45) is 0. The molecule has 0 heterocycles. The monoisotopic (exact) mass is 385 g/mol. The Morgan fingerprint density at radius 1 is 1.20 bits per heavy atom. The molecular formula is C17H24ClN3O3S. The lowest BCUT2D eigenvalue weighted by molar-refractivity contribution is -0.121. The SMILES string of the molecule is CCS(=O)(=O)N(C)CC(=O)NC(CN)c1ccc2ccccc2c1.Cl. The second-order valence-corrected chi connectivity index (χ2v) is 7.98. The van der Waals surface area contributed by atoms with E-state index in [4.69, 9.17) is 5.73 Å². The summed E-state index contributed by atoms with van der Waals surface area (Å²) in [5, 5.41) is 4.98. The van der Waals surface area contributed by atoms with Gasteiger partial charge in [-0.05, 0) is 29.3 Å². The second-order valence-electron chi connectivity index (χ2n) is 5.62. The van der Waals surface area contributed by atoms with Gasteiger partial charge in [0, 0.05) is 13.6 Å². The number of rotatable bonds is 7. The highest BCUT2D eigenvalue weighted by Crippen LogP contribution is 2.20. The number of carbonyl (C=O) groups excluding carboxylic acids is 1. The fourth-order valence-corrected chi connectivity index (χ4v) is 3.22. The van der Waals surface area contributed by atoms with Gasteiger partial charge in [-0.1, -0.05) is 36.4 Å². The van der Waals surface area contributed by atoms with Crippen LogP contribution in [0.5, 0.6) is 0 Å². The molecule has 8 heteroatoms. The zero-order valence-corrected chi connectivity index (χ0v) is 15.9. The van der Waals surface area contributed by atoms with Crippen LogP contribution < -0.4 is 11.1 Å². The number of carbonyl (C=O) groups is 1. The lowest BCUT2D eigenvalue weighted by Crippen LogP contribution is -2.42. The lowest BCUT2D eigenvalue weighted by atomic mass is 10.0. The molecule has 0 fully saturated rings. The van der Waals surface area contributed by atoms with Crippen molar-refractivity contribution in [1.29, 1.82) is 0 Å². The van der Waals surface area contributed by atoms with E-state index in [1.54, 1.807) is 6.92 Å². The Morgan fingerprint density at radius 3 is 2.44 bits per heavy atom. The molecule has 25 heavy (non-hydrogen) atoms. The molecule has 0 saturated heterocycles. The fraction of sp³-hybridized carbons (Fsp3) is 0.353. The first-order chi connectivity index (χ1) is 11.4. The molecule has 0 aliphatic rings. The summed E-state index contributed by atoms with van der Waals surface area (Å²) >= 11 is 0. The third-order valence-corrected chi connectivity index (χ3v) is 5.76. The van der Waals surface area contributed by atoms with Gasteiger partial charge < -0.3 is 11.1 Å². The van der Waals surface area contributed by atoms with Crippen LogP contribution in [-0.4, -0.2) is 44.5 Å². The average molecular weight is 386 g/mol. The van der Waals surface area contributed by atoms with Gasteiger partial charge in [0.1, 0.15) is 0 Å². The summed E-state index contributed by atoms with van der Waals surface area (Å²) < 4.78 is 24.5. The maximum Gasteiger partial charge on any atom is 0.235 e. The number of halogens is 1. The number of hydrogen-bond acceptors (Lipinski definition) is 4. The number of hydrogen-bond donors (Lipinski definition) is 2. The quantitative estimate of drug-likeness (QED) is 0.758. The second kappa shape index (κ2) is 9.15. The summed E-state index contributed by atoms with van der Waals surface area (Å²) in [6, 6.07) is 13.5. The molecule has 2 rings (SSSR count). The number of fused-ring (bicyclic) bond motifs is 1. The molecule has 0 aromatic heterocycles. The van der Waals surface area contributed by atoms with Crippen molar-refractivity contribution in [3.05, 3.63) is 48.0 Å². The van der Waals surface area contributed by atoms with Crippen molar-refractivity contribution in [1.82, 2.24) is 9.62 Å². The lowest BCUT2D eigenvalue weighted by Gasteiger charge is -2.20. The molecule has 1 atom stereocenters. The maximum absolute atomic E-state index is 12.1. The van der Waals surface area contributed by atoms with Crippen LogP contribution in [-0.2, 0) is 14.8 Å². The van der Waals surface area contributed by atoms with Gasteiger partial charge in [-0.15, -0.1) is 12.4 Å². The minimum absolute atomic E-state index is 0. The first kappa shape index (κ1) is 21.4. The third kappa shape index (κ3) is 5.40. The Hall–Kier alpha value is -1.67. The van der Waals surface area contributed by atoms with Gasteiger partial charge in [0.05, 0.1) is 18.3 Å². The van der Waals surface area contributed by atoms with Gasteiger partial charge >= 0.3 is 0 Å². The normalized spacial score (nSPS) is 12.6. The first-order valence-electron chi connectivity index (χ1n) is 7.79. The molecule has 2 aromatic carbocycles. The predicted molar refractivity (Wildman–Crippen MR) is 103 cm³/mol. The van der Waals surface area contributed by atoms with Gasteiger partial charge in [-0.2, -0.15) is 4.31 Å². The number of nitrogens with zero attached hydrogens (tertiary/aromatic N) is 1. The van der Waals surface area contributed by atoms with E-state index in [2.05, 4.69) is 5.32 Å². The maximum atomic E-state index is 12.1. The number of benzene rings is 2. The Morgan fingerprint density at radius 2 is 1.84 bits per heavy atom. The van der Waals surface area contributed by atoms with E-state index >= 15 is 0 Å². The highest BCUT2D eigenvalue weighted by molar-refractivity contribution is 7.89. The van der Waals surface area contributed by atoms with E-state index in [1.807, 2.05) is 42.5 Å². The smallest absolute Gasteiger partial charge is 0.235 e. The standard InChI is InChI=1S/C17H23N3O3S.ClH/c1-3-24(22,23)20(2)12-17(21)19-16(11-18)15-9-8-13-6-4-5-7-14(13)10-15;/h4-10,16H,3,11-12,18H2,1-2H3,(H,19,21);1H. The van der Waals surface area contributed by atoms with Gasteiger partial charge in [0.2, 0.25) is 15.9 Å². The van der Waals surface area contributed by atoms with Gasteiger partial charge in [-0.3, -0.25) is 4.79 Å². The Balaban J connectivity index is 0.00000312. The number of sulfonamides is 1. The van der Waals surface area contributed by atoms with Crippen LogP contribution in [0, 0.1) is 0 Å². The van der Waals surface area contributed by atoms with E-state index < -0.39 is 10.0 Å². The van der Waals surface area contributed by atoms with Crippen molar-refractivity contribution in [2.24, 2.45) is 5.73 Å². The van der Waals surface area contributed by atoms with Crippen molar-refractivity contribution in [3.63, 3.8) is 0 Å². The van der Waals surface area contributed by atoms with Crippen molar-refractivity contribution in [2.75, 3.05) is 25.9 Å². The number of likely N-dealkylation sites (N-methyl/N-ethyl adjacent to an activating group) is 1. The Kier molecular flexibility index (Phi) is 7.82. The summed E-state index contributed by atoms with van der Waals surface area (Å²) in [5.41, 5.74) is 6.69. The summed E-state index contributed by atoms with van der Waals surface area (Å²) in [5.74, 6) is -0.417. The van der Waals surface area contributed by atoms with E-state index in [0.717, 1.165) is 20.6 Å². The van der Waals surface area contributed by atoms with Crippen molar-refractivity contribution in [2.45, 2.75) is 13.0 Å². The molecule has 2 aromatic rings. The third-order valence-electron chi connectivity index (χ3n) is 3.95. The van der Waals surface area contributed by atoms with Gasteiger partial charge in [0.25, 0.3) is 0 Å². The molecule has 0 radical (unpaired) electrons. The zero-order chi connectivity index (χ0) is 17.7. The number of amides is 1. The van der Waals surface area contributed by atoms with E-state index in [1.165, 1.54) is 7.05 Å². The molecule has 3 N–H and O–H groups in total. The van der Waals surface area contributed by atoms with E-state index in [-0.39, 0.29) is 43.2 Å². The molecule has 1 unspecified atom stereocenters. The van der Waals surface area contributed by atoms with Crippen molar-refractivity contribution >= 4 is 39.1 Å². The molecule has 0 bridgehead atoms. The van der Waals surface area contributed by atoms with Gasteiger partial charge in [0.15, 0.2) is 0 Å². The minimum atomic E-state index is -3.39. The van der Waals surface area contributed by atoms with Crippen molar-refractivity contribution < 1.29 is 13.2 Å². The summed E-state index contributed by atoms with van der Waals surface area (Å²) in [6.45, 7) is 1.55. The molecule has 1 amide bonds. The van der Waals surface area contributed by atoms with Crippen LogP contribution in [0.1, 0.15) is 18.5 Å². The predicted octanol–water partition coefficient (Wildman–Crippen LogP) is 1.66. The average Bonchev–Trinajstić information content (AvgIpc) is 2.59. The first-order valence-corrected chi connectivity index (χ1v) is 9.40. The molecule has 0 spiro atoms. The molecule has 0 aliphatic heterocycles. The zero-order valence-electron chi connectivity index (χ0n) is 14.3. The molecular weight excluding hydrogens is 362 g/mol. The number of nitrogens with two attached hydrogens (primary N) is 1. The van der Waals surface area contributed by atoms with Crippen LogP contribution in [0.3, 0.4) is 0 Å². The summed E-state index contributed by atoms with van der Waals surface area (Å²) in [7, 11) is -1.99. The van der Waals surface area contributed by atoms with Crippen LogP contribution in [0.4, 0.5) is 0 Å². The van der Waals surface area contributed by atoms with Crippen LogP contribution in [0.25, 0.3) is 10.8 Å². The summed E-state index contributed by atoms with van der Waals surface area (Å²) in [4.78, 5) is 12.1. The van der Waals surface area contributed by atoms with Crippen molar-refractivity contribution in [3.8, 4) is 0 Å². The van der Waals surface area contributed by atoms with Crippen LogP contribution in [0.15, 0.2) is 42.5 Å². The van der Waals surface area contributed by atoms with Crippen LogP contribution >= 0.6 is 12.4 Å². The van der Waals surface area contributed by atoms with E-state index in [9.17, 15) is 13.2 Å². The van der Waals surface area contributed by atoms with E-state index in [0.29, 0.717) is 0 Å². The Bertz CT molecular complexity index is 827. The molecule has 0 saturated carbocycles. The van der Waals surface area contributed by atoms with Crippen LogP contribution in [0.2, 0.25) is 0 Å². The van der Waals surface area contributed by atoms with Gasteiger partial charge in [-0.25, -0.2) is 8.42 Å². The number of nitrogens with one attached hydrogen (secondary N) is 1. The Labute approximate surface area is 154 Å².